The molecule has 2 heterocycles. The molecule has 1 atom stereocenters. The van der Waals surface area contributed by atoms with Gasteiger partial charge in [0.1, 0.15) is 0 Å². The Labute approximate surface area is 160 Å². The van der Waals surface area contributed by atoms with Crippen LogP contribution in [0.15, 0.2) is 45.1 Å². The molecule has 134 valence electrons. The lowest BCUT2D eigenvalue weighted by molar-refractivity contribution is 0.103. The highest BCUT2D eigenvalue weighted by atomic mass is 79.9. The van der Waals surface area contributed by atoms with Crippen molar-refractivity contribution in [3.05, 3.63) is 45.1 Å². The second kappa shape index (κ2) is 7.57. The van der Waals surface area contributed by atoms with Crippen molar-refractivity contribution in [2.75, 3.05) is 18.4 Å². The molecule has 3 rings (SSSR count). The lowest BCUT2D eigenvalue weighted by atomic mass is 10.0. The lowest BCUT2D eigenvalue weighted by Gasteiger charge is -2.30. The Morgan fingerprint density at radius 1 is 1.24 bits per heavy atom. The van der Waals surface area contributed by atoms with Gasteiger partial charge < -0.3 is 5.32 Å². The molecular weight excluding hydrogens is 424 g/mol. The number of nitrogens with one attached hydrogen (secondary N) is 1. The molecule has 1 N–H and O–H groups in total. The molecule has 0 spiro atoms. The molecule has 1 aliphatic heterocycles. The van der Waals surface area contributed by atoms with Crippen molar-refractivity contribution in [1.29, 1.82) is 0 Å². The van der Waals surface area contributed by atoms with Crippen LogP contribution in [-0.4, -0.2) is 31.7 Å². The zero-order chi connectivity index (χ0) is 18.0. The molecule has 5 nitrogen and oxygen atoms in total. The summed E-state index contributed by atoms with van der Waals surface area (Å²) in [5.74, 6) is 0.170. The molecule has 0 bridgehead atoms. The number of anilines is 1. The maximum Gasteiger partial charge on any atom is 0.265 e. The number of sulfonamides is 1. The Balaban J connectivity index is 1.72. The second-order valence-corrected chi connectivity index (χ2v) is 10.6. The summed E-state index contributed by atoms with van der Waals surface area (Å²) in [4.78, 5) is 13.0. The highest BCUT2D eigenvalue weighted by Crippen LogP contribution is 2.25. The number of carbonyl (C=O) groups excluding carboxylic acids is 1. The van der Waals surface area contributed by atoms with Crippen LogP contribution in [0.3, 0.4) is 0 Å². The predicted molar refractivity (Wildman–Crippen MR) is 104 cm³/mol. The predicted octanol–water partition coefficient (Wildman–Crippen LogP) is 4.18. The van der Waals surface area contributed by atoms with E-state index in [1.54, 1.807) is 34.6 Å². The van der Waals surface area contributed by atoms with Crippen LogP contribution >= 0.6 is 27.3 Å². The third kappa shape index (κ3) is 4.31. The highest BCUT2D eigenvalue weighted by molar-refractivity contribution is 9.11. The Hall–Kier alpha value is -1.22. The van der Waals surface area contributed by atoms with Gasteiger partial charge in [0.05, 0.1) is 13.6 Å². The Morgan fingerprint density at radius 3 is 2.56 bits per heavy atom. The van der Waals surface area contributed by atoms with Crippen molar-refractivity contribution in [2.45, 2.75) is 24.7 Å². The molecule has 0 aliphatic carbocycles. The van der Waals surface area contributed by atoms with Crippen LogP contribution in [0.1, 0.15) is 29.4 Å². The number of nitrogens with zero attached hydrogens (tertiary/aromatic N) is 1. The van der Waals surface area contributed by atoms with Crippen molar-refractivity contribution < 1.29 is 13.2 Å². The minimum atomic E-state index is -3.47. The maximum absolute atomic E-state index is 12.7. The fraction of sp³-hybridized carbons (Fsp3) is 0.353. The van der Waals surface area contributed by atoms with E-state index in [-0.39, 0.29) is 10.8 Å². The van der Waals surface area contributed by atoms with Crippen LogP contribution in [0.25, 0.3) is 0 Å². The highest BCUT2D eigenvalue weighted by Gasteiger charge is 2.28. The van der Waals surface area contributed by atoms with Gasteiger partial charge in [-0.05, 0) is 71.1 Å². The molecule has 1 fully saturated rings. The summed E-state index contributed by atoms with van der Waals surface area (Å²) in [5.41, 5.74) is 0.570. The summed E-state index contributed by atoms with van der Waals surface area (Å²) in [6, 6.07) is 9.90. The van der Waals surface area contributed by atoms with Crippen molar-refractivity contribution >= 4 is 48.9 Å². The molecule has 1 aliphatic rings. The van der Waals surface area contributed by atoms with Crippen LogP contribution in [0.4, 0.5) is 5.69 Å². The average molecular weight is 443 g/mol. The smallest absolute Gasteiger partial charge is 0.265 e. The van der Waals surface area contributed by atoms with E-state index < -0.39 is 10.0 Å². The SMILES string of the molecule is CC1CCCN(S(=O)(=O)c2ccc(NC(=O)c3ccc(Br)s3)cc2)C1. The zero-order valence-corrected chi connectivity index (χ0v) is 17.0. The van der Waals surface area contributed by atoms with E-state index in [9.17, 15) is 13.2 Å². The van der Waals surface area contributed by atoms with Gasteiger partial charge in [-0.25, -0.2) is 8.42 Å². The monoisotopic (exact) mass is 442 g/mol. The number of amides is 1. The standard InChI is InChI=1S/C17H19BrN2O3S2/c1-12-3-2-10-20(11-12)25(22,23)14-6-4-13(5-7-14)19-17(21)15-8-9-16(18)24-15/h4-9,12H,2-3,10-11H2,1H3,(H,19,21). The van der Waals surface area contributed by atoms with E-state index in [0.29, 0.717) is 29.6 Å². The van der Waals surface area contributed by atoms with Crippen LogP contribution in [0.5, 0.6) is 0 Å². The molecule has 25 heavy (non-hydrogen) atoms. The summed E-state index contributed by atoms with van der Waals surface area (Å²) in [5, 5.41) is 2.78. The Morgan fingerprint density at radius 2 is 1.96 bits per heavy atom. The normalized spacial score (nSPS) is 18.9. The lowest BCUT2D eigenvalue weighted by Crippen LogP contribution is -2.39. The third-order valence-corrected chi connectivity index (χ3v) is 7.67. The number of rotatable bonds is 4. The molecule has 0 radical (unpaired) electrons. The molecule has 1 saturated heterocycles. The quantitative estimate of drug-likeness (QED) is 0.771. The molecular formula is C17H19BrN2O3S2. The Bertz CT molecular complexity index is 862. The van der Waals surface area contributed by atoms with Gasteiger partial charge in [-0.1, -0.05) is 6.92 Å². The number of hydrogen-bond donors (Lipinski definition) is 1. The van der Waals surface area contributed by atoms with Crippen LogP contribution in [0.2, 0.25) is 0 Å². The van der Waals surface area contributed by atoms with Gasteiger partial charge in [0, 0.05) is 18.8 Å². The van der Waals surface area contributed by atoms with Crippen molar-refractivity contribution in [1.82, 2.24) is 4.31 Å². The summed E-state index contributed by atoms with van der Waals surface area (Å²) in [6.45, 7) is 3.20. The average Bonchev–Trinajstić information content (AvgIpc) is 3.02. The molecule has 1 aromatic heterocycles. The van der Waals surface area contributed by atoms with E-state index in [2.05, 4.69) is 28.2 Å². The molecule has 1 amide bonds. The number of hydrogen-bond acceptors (Lipinski definition) is 4. The minimum Gasteiger partial charge on any atom is -0.321 e. The number of piperidine rings is 1. The van der Waals surface area contributed by atoms with Crippen LogP contribution in [0, 0.1) is 5.92 Å². The van der Waals surface area contributed by atoms with Gasteiger partial charge in [0.25, 0.3) is 5.91 Å². The minimum absolute atomic E-state index is 0.212. The van der Waals surface area contributed by atoms with E-state index in [1.165, 1.54) is 11.3 Å². The first-order valence-corrected chi connectivity index (χ1v) is 11.1. The van der Waals surface area contributed by atoms with Gasteiger partial charge in [-0.3, -0.25) is 4.79 Å². The third-order valence-electron chi connectivity index (χ3n) is 4.17. The van der Waals surface area contributed by atoms with Gasteiger partial charge in [-0.15, -0.1) is 11.3 Å². The largest absolute Gasteiger partial charge is 0.321 e. The molecule has 2 aromatic rings. The van der Waals surface area contributed by atoms with Crippen LogP contribution < -0.4 is 5.32 Å². The summed E-state index contributed by atoms with van der Waals surface area (Å²) >= 11 is 4.67. The first kappa shape index (κ1) is 18.6. The number of benzene rings is 1. The van der Waals surface area contributed by atoms with Gasteiger partial charge in [-0.2, -0.15) is 4.31 Å². The summed E-state index contributed by atoms with van der Waals surface area (Å²) in [7, 11) is -3.47. The maximum atomic E-state index is 12.7. The summed E-state index contributed by atoms with van der Waals surface area (Å²) < 4.78 is 27.9. The zero-order valence-electron chi connectivity index (χ0n) is 13.7. The van der Waals surface area contributed by atoms with Crippen molar-refractivity contribution in [3.8, 4) is 0 Å². The van der Waals surface area contributed by atoms with Crippen molar-refractivity contribution in [3.63, 3.8) is 0 Å². The molecule has 1 unspecified atom stereocenters. The Kier molecular flexibility index (Phi) is 5.62. The van der Waals surface area contributed by atoms with Gasteiger partial charge >= 0.3 is 0 Å². The van der Waals surface area contributed by atoms with Gasteiger partial charge in [0.15, 0.2) is 0 Å². The number of halogens is 1. The number of carbonyl (C=O) groups is 1. The fourth-order valence-electron chi connectivity index (χ4n) is 2.85. The molecule has 8 heteroatoms. The number of thiophene rings is 1. The van der Waals surface area contributed by atoms with Crippen molar-refractivity contribution in [2.24, 2.45) is 5.92 Å². The van der Waals surface area contributed by atoms with E-state index in [4.69, 9.17) is 0 Å². The van der Waals surface area contributed by atoms with E-state index >= 15 is 0 Å². The second-order valence-electron chi connectivity index (χ2n) is 6.19. The topological polar surface area (TPSA) is 66.5 Å². The first-order valence-electron chi connectivity index (χ1n) is 8.03. The van der Waals surface area contributed by atoms with E-state index in [1.807, 2.05) is 6.07 Å². The van der Waals surface area contributed by atoms with Gasteiger partial charge in [0.2, 0.25) is 10.0 Å². The fourth-order valence-corrected chi connectivity index (χ4v) is 5.73. The molecule has 1 aromatic carbocycles. The first-order chi connectivity index (χ1) is 11.9. The molecule has 0 saturated carbocycles. The van der Waals surface area contributed by atoms with Crippen LogP contribution in [-0.2, 0) is 10.0 Å². The summed E-state index contributed by atoms with van der Waals surface area (Å²) in [6.07, 6.45) is 1.96. The van der Waals surface area contributed by atoms with E-state index in [0.717, 1.165) is 16.6 Å².